The number of benzene rings is 1. The molecule has 2 aliphatic rings. The zero-order valence-electron chi connectivity index (χ0n) is 17.0. The van der Waals surface area contributed by atoms with E-state index in [4.69, 9.17) is 16.3 Å². The maximum Gasteiger partial charge on any atom is 0.416 e. The van der Waals surface area contributed by atoms with Crippen LogP contribution < -0.4 is 5.32 Å². The van der Waals surface area contributed by atoms with E-state index in [1.165, 1.54) is 12.1 Å². The summed E-state index contributed by atoms with van der Waals surface area (Å²) in [6.45, 7) is 1.39. The standard InChI is InChI=1S/C22H25ClF3N3O2/c23-20-19(14-1-5-16(6-2-14)22(24,25)26)27-13-29(20)18-7-3-15(4-8-18)21(30)28-17-9-11-31-12-10-17/h1-2,5-6,13,15,17-18H,3-4,7-12H2,(H,28,30). The predicted molar refractivity (Wildman–Crippen MR) is 111 cm³/mol. The van der Waals surface area contributed by atoms with Gasteiger partial charge < -0.3 is 14.6 Å². The van der Waals surface area contributed by atoms with Gasteiger partial charge in [-0.15, -0.1) is 0 Å². The van der Waals surface area contributed by atoms with Crippen molar-refractivity contribution in [3.05, 3.63) is 41.3 Å². The molecule has 0 atom stereocenters. The normalized spacial score (nSPS) is 23.0. The minimum absolute atomic E-state index is 0.00391. The van der Waals surface area contributed by atoms with Crippen molar-refractivity contribution >= 4 is 17.5 Å². The molecule has 1 N–H and O–H groups in total. The minimum atomic E-state index is -4.38. The Bertz CT molecular complexity index is 900. The Morgan fingerprint density at radius 1 is 1.06 bits per heavy atom. The number of hydrogen-bond donors (Lipinski definition) is 1. The number of ether oxygens (including phenoxy) is 1. The van der Waals surface area contributed by atoms with Crippen LogP contribution in [0.1, 0.15) is 50.1 Å². The number of amides is 1. The second kappa shape index (κ2) is 9.20. The number of nitrogens with one attached hydrogen (secondary N) is 1. The van der Waals surface area contributed by atoms with Gasteiger partial charge in [-0.2, -0.15) is 13.2 Å². The summed E-state index contributed by atoms with van der Waals surface area (Å²) < 4.78 is 45.6. The molecule has 168 valence electrons. The van der Waals surface area contributed by atoms with Gasteiger partial charge >= 0.3 is 6.18 Å². The first kappa shape index (κ1) is 22.1. The Kier molecular flexibility index (Phi) is 6.57. The number of imidazole rings is 1. The van der Waals surface area contributed by atoms with Crippen LogP contribution >= 0.6 is 11.6 Å². The largest absolute Gasteiger partial charge is 0.416 e. The van der Waals surface area contributed by atoms with Crippen LogP contribution in [0.3, 0.4) is 0 Å². The number of carbonyl (C=O) groups excluding carboxylic acids is 1. The van der Waals surface area contributed by atoms with Crippen molar-refractivity contribution in [2.75, 3.05) is 13.2 Å². The monoisotopic (exact) mass is 455 g/mol. The molecule has 5 nitrogen and oxygen atoms in total. The minimum Gasteiger partial charge on any atom is -0.381 e. The van der Waals surface area contributed by atoms with Crippen molar-refractivity contribution in [2.45, 2.75) is 56.8 Å². The number of rotatable bonds is 4. The van der Waals surface area contributed by atoms with Gasteiger partial charge in [-0.1, -0.05) is 23.7 Å². The molecule has 0 radical (unpaired) electrons. The third-order valence-electron chi connectivity index (χ3n) is 6.25. The fourth-order valence-corrected chi connectivity index (χ4v) is 4.73. The van der Waals surface area contributed by atoms with Crippen molar-refractivity contribution in [2.24, 2.45) is 5.92 Å². The van der Waals surface area contributed by atoms with E-state index in [2.05, 4.69) is 10.3 Å². The Morgan fingerprint density at radius 2 is 1.71 bits per heavy atom. The fraction of sp³-hybridized carbons (Fsp3) is 0.545. The Hall–Kier alpha value is -2.06. The Labute approximate surface area is 183 Å². The van der Waals surface area contributed by atoms with Gasteiger partial charge in [-0.3, -0.25) is 4.79 Å². The summed E-state index contributed by atoms with van der Waals surface area (Å²) in [4.78, 5) is 16.9. The highest BCUT2D eigenvalue weighted by atomic mass is 35.5. The van der Waals surface area contributed by atoms with E-state index in [9.17, 15) is 18.0 Å². The lowest BCUT2D eigenvalue weighted by Gasteiger charge is -2.31. The number of aromatic nitrogens is 2. The maximum atomic E-state index is 12.8. The predicted octanol–water partition coefficient (Wildman–Crippen LogP) is 5.25. The van der Waals surface area contributed by atoms with Crippen LogP contribution in [0, 0.1) is 5.92 Å². The lowest BCUT2D eigenvalue weighted by Crippen LogP contribution is -2.42. The van der Waals surface area contributed by atoms with Gasteiger partial charge in [0.1, 0.15) is 10.8 Å². The van der Waals surface area contributed by atoms with Crippen LogP contribution in [0.4, 0.5) is 13.2 Å². The molecule has 31 heavy (non-hydrogen) atoms. The lowest BCUT2D eigenvalue weighted by atomic mass is 9.85. The summed E-state index contributed by atoms with van der Waals surface area (Å²) in [6.07, 6.45) is 2.12. The molecular weight excluding hydrogens is 431 g/mol. The first-order valence-electron chi connectivity index (χ1n) is 10.6. The Balaban J connectivity index is 1.37. The van der Waals surface area contributed by atoms with Crippen molar-refractivity contribution in [3.8, 4) is 11.3 Å². The molecule has 2 fully saturated rings. The van der Waals surface area contributed by atoms with Crippen LogP contribution in [0.5, 0.6) is 0 Å². The second-order valence-electron chi connectivity index (χ2n) is 8.27. The third kappa shape index (κ3) is 5.06. The summed E-state index contributed by atoms with van der Waals surface area (Å²) >= 11 is 6.54. The topological polar surface area (TPSA) is 56.1 Å². The smallest absolute Gasteiger partial charge is 0.381 e. The summed E-state index contributed by atoms with van der Waals surface area (Å²) in [6, 6.07) is 5.17. The molecule has 0 spiro atoms. The summed E-state index contributed by atoms with van der Waals surface area (Å²) in [5.41, 5.74) is 0.306. The molecule has 0 bridgehead atoms. The molecule has 1 aromatic heterocycles. The van der Waals surface area contributed by atoms with Crippen LogP contribution in [-0.4, -0.2) is 34.7 Å². The van der Waals surface area contributed by atoms with Gasteiger partial charge in [-0.25, -0.2) is 4.98 Å². The van der Waals surface area contributed by atoms with E-state index in [1.807, 2.05) is 4.57 Å². The van der Waals surface area contributed by atoms with Crippen molar-refractivity contribution in [1.29, 1.82) is 0 Å². The first-order valence-corrected chi connectivity index (χ1v) is 11.0. The highest BCUT2D eigenvalue weighted by Gasteiger charge is 2.31. The molecule has 1 aromatic carbocycles. The van der Waals surface area contributed by atoms with Crippen LogP contribution in [0.15, 0.2) is 30.6 Å². The molecule has 9 heteroatoms. The second-order valence-corrected chi connectivity index (χ2v) is 8.63. The van der Waals surface area contributed by atoms with E-state index in [-0.39, 0.29) is 23.9 Å². The molecule has 1 saturated heterocycles. The quantitative estimate of drug-likeness (QED) is 0.685. The lowest BCUT2D eigenvalue weighted by molar-refractivity contribution is -0.137. The number of nitrogens with zero attached hydrogens (tertiary/aromatic N) is 2. The molecule has 2 heterocycles. The molecule has 4 rings (SSSR count). The molecule has 1 saturated carbocycles. The van der Waals surface area contributed by atoms with Crippen LogP contribution in [-0.2, 0) is 15.7 Å². The van der Waals surface area contributed by atoms with Gasteiger partial charge in [-0.05, 0) is 50.7 Å². The molecule has 0 unspecified atom stereocenters. The number of carbonyl (C=O) groups is 1. The van der Waals surface area contributed by atoms with Gasteiger partial charge in [0.05, 0.1) is 11.9 Å². The summed E-state index contributed by atoms with van der Waals surface area (Å²) in [5, 5.41) is 3.56. The van der Waals surface area contributed by atoms with E-state index in [0.29, 0.717) is 29.6 Å². The van der Waals surface area contributed by atoms with Crippen LogP contribution in [0.2, 0.25) is 5.15 Å². The van der Waals surface area contributed by atoms with Crippen molar-refractivity contribution < 1.29 is 22.7 Å². The average molecular weight is 456 g/mol. The average Bonchev–Trinajstić information content (AvgIpc) is 3.15. The van der Waals surface area contributed by atoms with E-state index < -0.39 is 11.7 Å². The maximum absolute atomic E-state index is 12.8. The summed E-state index contributed by atoms with van der Waals surface area (Å²) in [7, 11) is 0. The third-order valence-corrected chi connectivity index (χ3v) is 6.62. The van der Waals surface area contributed by atoms with E-state index >= 15 is 0 Å². The molecule has 2 aromatic rings. The van der Waals surface area contributed by atoms with Gasteiger partial charge in [0.15, 0.2) is 0 Å². The van der Waals surface area contributed by atoms with Crippen molar-refractivity contribution in [1.82, 2.24) is 14.9 Å². The highest BCUT2D eigenvalue weighted by Crippen LogP contribution is 2.38. The van der Waals surface area contributed by atoms with E-state index in [0.717, 1.165) is 50.7 Å². The van der Waals surface area contributed by atoms with Crippen LogP contribution in [0.25, 0.3) is 11.3 Å². The van der Waals surface area contributed by atoms with Crippen molar-refractivity contribution in [3.63, 3.8) is 0 Å². The first-order chi connectivity index (χ1) is 14.8. The van der Waals surface area contributed by atoms with Gasteiger partial charge in [0.25, 0.3) is 0 Å². The number of hydrogen-bond acceptors (Lipinski definition) is 3. The molecule has 1 amide bonds. The zero-order chi connectivity index (χ0) is 22.0. The molecule has 1 aliphatic heterocycles. The van der Waals surface area contributed by atoms with Gasteiger partial charge in [0.2, 0.25) is 5.91 Å². The fourth-order valence-electron chi connectivity index (χ4n) is 4.39. The highest BCUT2D eigenvalue weighted by molar-refractivity contribution is 6.32. The molecule has 1 aliphatic carbocycles. The van der Waals surface area contributed by atoms with Gasteiger partial charge in [0, 0.05) is 36.8 Å². The number of alkyl halides is 3. The number of halogens is 4. The summed E-state index contributed by atoms with van der Waals surface area (Å²) in [5.74, 6) is 0.114. The zero-order valence-corrected chi connectivity index (χ0v) is 17.8. The molecular formula is C22H25ClF3N3O2. The van der Waals surface area contributed by atoms with E-state index in [1.54, 1.807) is 6.33 Å². The SMILES string of the molecule is O=C(NC1CCOCC1)C1CCC(n2cnc(-c3ccc(C(F)(F)F)cc3)c2Cl)CC1. The Morgan fingerprint density at radius 3 is 2.32 bits per heavy atom.